The van der Waals surface area contributed by atoms with E-state index in [1.54, 1.807) is 20.8 Å². The number of aliphatic hydroxyl groups excluding tert-OH is 1. The molecule has 102 valence electrons. The second-order valence-electron chi connectivity index (χ2n) is 4.35. The van der Waals surface area contributed by atoms with E-state index in [4.69, 9.17) is 16.7 Å². The van der Waals surface area contributed by atoms with Gasteiger partial charge in [0.05, 0.1) is 0 Å². The van der Waals surface area contributed by atoms with Gasteiger partial charge in [-0.05, 0) is 31.4 Å². The first kappa shape index (κ1) is 15.4. The number of aromatic nitrogens is 1. The monoisotopic (exact) mass is 292 g/mol. The number of hydrogen-bond acceptors (Lipinski definition) is 4. The van der Waals surface area contributed by atoms with Gasteiger partial charge in [0.25, 0.3) is 0 Å². The van der Waals surface area contributed by atoms with Gasteiger partial charge in [-0.25, -0.2) is 18.1 Å². The average Bonchev–Trinajstić information content (AvgIpc) is 2.30. The van der Waals surface area contributed by atoms with Crippen LogP contribution in [0, 0.1) is 12.8 Å². The Labute approximate surface area is 112 Å². The number of aryl methyl sites for hydroxylation is 1. The fraction of sp³-hybridized carbons (Fsp3) is 0.545. The fourth-order valence-corrected chi connectivity index (χ4v) is 2.75. The summed E-state index contributed by atoms with van der Waals surface area (Å²) < 4.78 is 26.6. The number of sulfonamides is 1. The van der Waals surface area contributed by atoms with E-state index in [-0.39, 0.29) is 28.6 Å². The second-order valence-corrected chi connectivity index (χ2v) is 6.42. The van der Waals surface area contributed by atoms with Crippen molar-refractivity contribution in [2.75, 3.05) is 6.61 Å². The topological polar surface area (TPSA) is 79.3 Å². The molecule has 0 amide bonds. The number of nitrogens with zero attached hydrogens (tertiary/aromatic N) is 1. The van der Waals surface area contributed by atoms with Crippen molar-refractivity contribution in [3.05, 3.63) is 23.0 Å². The summed E-state index contributed by atoms with van der Waals surface area (Å²) in [5.74, 6) is -0.166. The van der Waals surface area contributed by atoms with Gasteiger partial charge in [0.15, 0.2) is 0 Å². The van der Waals surface area contributed by atoms with Crippen molar-refractivity contribution < 1.29 is 13.5 Å². The Bertz CT molecular complexity index is 519. The first-order chi connectivity index (χ1) is 8.27. The molecule has 0 saturated heterocycles. The number of pyridine rings is 1. The molecule has 0 fully saturated rings. The third kappa shape index (κ3) is 3.65. The summed E-state index contributed by atoms with van der Waals surface area (Å²) in [5.41, 5.74) is 0.599. The van der Waals surface area contributed by atoms with Crippen LogP contribution in [0.3, 0.4) is 0 Å². The summed E-state index contributed by atoms with van der Waals surface area (Å²) in [6, 6.07) is 1.10. The number of hydrogen-bond donors (Lipinski definition) is 2. The van der Waals surface area contributed by atoms with E-state index >= 15 is 0 Å². The van der Waals surface area contributed by atoms with Crippen LogP contribution in [0.15, 0.2) is 17.2 Å². The first-order valence-corrected chi connectivity index (χ1v) is 7.39. The maximum atomic E-state index is 12.1. The number of nitrogens with one attached hydrogen (secondary N) is 1. The Balaban J connectivity index is 2.96. The van der Waals surface area contributed by atoms with E-state index < -0.39 is 10.0 Å². The van der Waals surface area contributed by atoms with Gasteiger partial charge >= 0.3 is 0 Å². The summed E-state index contributed by atoms with van der Waals surface area (Å²) >= 11 is 5.75. The Morgan fingerprint density at radius 2 is 2.11 bits per heavy atom. The quantitative estimate of drug-likeness (QED) is 0.803. The van der Waals surface area contributed by atoms with E-state index in [1.807, 2.05) is 0 Å². The van der Waals surface area contributed by atoms with Gasteiger partial charge in [0.2, 0.25) is 10.0 Å². The van der Waals surface area contributed by atoms with Gasteiger partial charge in [-0.1, -0.05) is 18.5 Å². The van der Waals surface area contributed by atoms with Crippen LogP contribution >= 0.6 is 11.6 Å². The van der Waals surface area contributed by atoms with Crippen molar-refractivity contribution in [2.24, 2.45) is 5.92 Å². The van der Waals surface area contributed by atoms with Crippen LogP contribution in [0.2, 0.25) is 5.15 Å². The van der Waals surface area contributed by atoms with Crippen molar-refractivity contribution in [1.29, 1.82) is 0 Å². The maximum absolute atomic E-state index is 12.1. The van der Waals surface area contributed by atoms with Crippen LogP contribution < -0.4 is 4.72 Å². The van der Waals surface area contributed by atoms with Crippen molar-refractivity contribution in [3.8, 4) is 0 Å². The standard InChI is InChI=1S/C11H17ClN2O3S/c1-7-4-10(5-13-11(7)12)18(16,17)14-9(3)8(2)6-15/h4-5,8-9,14-15H,6H2,1-3H3. The van der Waals surface area contributed by atoms with Crippen LogP contribution in [0.4, 0.5) is 0 Å². The molecule has 5 nitrogen and oxygen atoms in total. The van der Waals surface area contributed by atoms with Gasteiger partial charge in [-0.3, -0.25) is 0 Å². The number of rotatable bonds is 5. The Morgan fingerprint density at radius 3 is 2.61 bits per heavy atom. The lowest BCUT2D eigenvalue weighted by Gasteiger charge is -2.19. The van der Waals surface area contributed by atoms with Crippen LogP contribution in [-0.2, 0) is 10.0 Å². The van der Waals surface area contributed by atoms with Gasteiger partial charge in [-0.2, -0.15) is 0 Å². The molecule has 0 bridgehead atoms. The van der Waals surface area contributed by atoms with Gasteiger partial charge in [-0.15, -0.1) is 0 Å². The molecule has 0 aliphatic carbocycles. The Hall–Kier alpha value is -0.690. The molecule has 0 aliphatic heterocycles. The molecule has 0 radical (unpaired) electrons. The third-order valence-electron chi connectivity index (χ3n) is 2.78. The zero-order chi connectivity index (χ0) is 13.9. The molecule has 0 saturated carbocycles. The van der Waals surface area contributed by atoms with Crippen LogP contribution in [0.25, 0.3) is 0 Å². The third-order valence-corrected chi connectivity index (χ3v) is 4.70. The Morgan fingerprint density at radius 1 is 1.50 bits per heavy atom. The minimum absolute atomic E-state index is 0.0707. The zero-order valence-corrected chi connectivity index (χ0v) is 12.1. The lowest BCUT2D eigenvalue weighted by molar-refractivity contribution is 0.216. The number of halogens is 1. The summed E-state index contributed by atoms with van der Waals surface area (Å²) in [4.78, 5) is 3.88. The molecule has 1 heterocycles. The minimum atomic E-state index is -3.64. The molecular formula is C11H17ClN2O3S. The van der Waals surface area contributed by atoms with Gasteiger partial charge in [0.1, 0.15) is 10.0 Å². The molecular weight excluding hydrogens is 276 g/mol. The lowest BCUT2D eigenvalue weighted by atomic mass is 10.1. The van der Waals surface area contributed by atoms with E-state index in [0.29, 0.717) is 5.56 Å². The smallest absolute Gasteiger partial charge is 0.242 e. The highest BCUT2D eigenvalue weighted by molar-refractivity contribution is 7.89. The van der Waals surface area contributed by atoms with Crippen molar-refractivity contribution >= 4 is 21.6 Å². The van der Waals surface area contributed by atoms with E-state index in [2.05, 4.69) is 9.71 Å². The van der Waals surface area contributed by atoms with Gasteiger partial charge in [0, 0.05) is 18.8 Å². The molecule has 2 N–H and O–H groups in total. The number of aliphatic hydroxyl groups is 1. The predicted octanol–water partition coefficient (Wildman–Crippen LogP) is 1.34. The van der Waals surface area contributed by atoms with E-state index in [0.717, 1.165) is 0 Å². The molecule has 2 unspecified atom stereocenters. The van der Waals surface area contributed by atoms with E-state index in [1.165, 1.54) is 12.3 Å². The minimum Gasteiger partial charge on any atom is -0.396 e. The van der Waals surface area contributed by atoms with Crippen LogP contribution in [0.1, 0.15) is 19.4 Å². The molecule has 1 aromatic rings. The molecule has 0 aliphatic rings. The van der Waals surface area contributed by atoms with Gasteiger partial charge < -0.3 is 5.11 Å². The highest BCUT2D eigenvalue weighted by atomic mass is 35.5. The van der Waals surface area contributed by atoms with Crippen LogP contribution in [0.5, 0.6) is 0 Å². The lowest BCUT2D eigenvalue weighted by Crippen LogP contribution is -2.38. The molecule has 1 rings (SSSR count). The first-order valence-electron chi connectivity index (χ1n) is 5.53. The molecule has 7 heteroatoms. The summed E-state index contributed by atoms with van der Waals surface area (Å²) in [6.45, 7) is 5.07. The largest absolute Gasteiger partial charge is 0.396 e. The summed E-state index contributed by atoms with van der Waals surface area (Å²) in [6.07, 6.45) is 1.22. The highest BCUT2D eigenvalue weighted by Crippen LogP contribution is 2.17. The SMILES string of the molecule is Cc1cc(S(=O)(=O)NC(C)C(C)CO)cnc1Cl. The van der Waals surface area contributed by atoms with Crippen LogP contribution in [-0.4, -0.2) is 31.2 Å². The highest BCUT2D eigenvalue weighted by Gasteiger charge is 2.21. The average molecular weight is 293 g/mol. The maximum Gasteiger partial charge on any atom is 0.242 e. The fourth-order valence-electron chi connectivity index (χ4n) is 1.27. The van der Waals surface area contributed by atoms with Crippen molar-refractivity contribution in [3.63, 3.8) is 0 Å². The van der Waals surface area contributed by atoms with E-state index in [9.17, 15) is 8.42 Å². The summed E-state index contributed by atoms with van der Waals surface area (Å²) in [7, 11) is -3.64. The normalized spacial score (nSPS) is 15.4. The summed E-state index contributed by atoms with van der Waals surface area (Å²) in [5, 5.41) is 9.27. The molecule has 2 atom stereocenters. The second kappa shape index (κ2) is 5.97. The molecule has 0 aromatic carbocycles. The molecule has 0 spiro atoms. The zero-order valence-electron chi connectivity index (χ0n) is 10.5. The Kier molecular flexibility index (Phi) is 5.10. The molecule has 1 aromatic heterocycles. The predicted molar refractivity (Wildman–Crippen MR) is 70.0 cm³/mol. The van der Waals surface area contributed by atoms with Crippen molar-refractivity contribution in [1.82, 2.24) is 9.71 Å². The molecule has 18 heavy (non-hydrogen) atoms. The van der Waals surface area contributed by atoms with Crippen molar-refractivity contribution in [2.45, 2.75) is 31.7 Å².